The van der Waals surface area contributed by atoms with Crippen LogP contribution in [0.5, 0.6) is 0 Å². The molecule has 6 heteroatoms. The van der Waals surface area contributed by atoms with E-state index in [4.69, 9.17) is 0 Å². The van der Waals surface area contributed by atoms with Crippen LogP contribution >= 0.6 is 11.8 Å². The van der Waals surface area contributed by atoms with Gasteiger partial charge in [-0.3, -0.25) is 4.79 Å². The van der Waals surface area contributed by atoms with Crippen LogP contribution in [0.4, 0.5) is 5.69 Å². The number of hydrogen-bond acceptors (Lipinski definition) is 4. The second kappa shape index (κ2) is 8.52. The van der Waals surface area contributed by atoms with Gasteiger partial charge < -0.3 is 9.88 Å². The fourth-order valence-corrected chi connectivity index (χ4v) is 4.26. The van der Waals surface area contributed by atoms with E-state index >= 15 is 0 Å². The van der Waals surface area contributed by atoms with Gasteiger partial charge in [0.2, 0.25) is 5.91 Å². The van der Waals surface area contributed by atoms with Gasteiger partial charge in [0.1, 0.15) is 5.82 Å². The molecule has 0 atom stereocenters. The van der Waals surface area contributed by atoms with Crippen LogP contribution in [0.1, 0.15) is 56.5 Å². The lowest BCUT2D eigenvalue weighted by Crippen LogP contribution is -2.17. The molecule has 1 saturated carbocycles. The number of anilines is 1. The van der Waals surface area contributed by atoms with Crippen molar-refractivity contribution in [2.75, 3.05) is 11.1 Å². The first-order valence-corrected chi connectivity index (χ1v) is 10.1. The summed E-state index contributed by atoms with van der Waals surface area (Å²) in [6, 6.07) is 8.48. The Hall–Kier alpha value is -1.82. The molecule has 0 unspecified atom stereocenters. The maximum Gasteiger partial charge on any atom is 0.234 e. The highest BCUT2D eigenvalue weighted by molar-refractivity contribution is 7.99. The molecule has 0 aliphatic heterocycles. The van der Waals surface area contributed by atoms with Crippen LogP contribution in [0.3, 0.4) is 0 Å². The minimum absolute atomic E-state index is 0.00546. The van der Waals surface area contributed by atoms with E-state index < -0.39 is 0 Å². The molecule has 1 fully saturated rings. The summed E-state index contributed by atoms with van der Waals surface area (Å²) in [6.45, 7) is 4.11. The molecule has 0 spiro atoms. The summed E-state index contributed by atoms with van der Waals surface area (Å²) in [4.78, 5) is 12.3. The quantitative estimate of drug-likeness (QED) is 0.778. The number of carbonyl (C=O) groups is 1. The van der Waals surface area contributed by atoms with Crippen LogP contribution in [-0.2, 0) is 11.2 Å². The molecule has 1 aromatic heterocycles. The van der Waals surface area contributed by atoms with Crippen molar-refractivity contribution < 1.29 is 4.79 Å². The standard InChI is InChI=1S/C19H26N4OS/c1-3-15-8-7-9-16(12-15)20-18(24)13-25-19-22-21-14(2)23(19)17-10-5-4-6-11-17/h7-9,12,17H,3-6,10-11,13H2,1-2H3,(H,20,24). The van der Waals surface area contributed by atoms with Crippen molar-refractivity contribution in [1.82, 2.24) is 14.8 Å². The van der Waals surface area contributed by atoms with Gasteiger partial charge in [0.15, 0.2) is 5.16 Å². The number of nitrogens with zero attached hydrogens (tertiary/aromatic N) is 3. The summed E-state index contributed by atoms with van der Waals surface area (Å²) in [7, 11) is 0. The first kappa shape index (κ1) is 18.0. The van der Waals surface area contributed by atoms with Crippen molar-refractivity contribution in [3.63, 3.8) is 0 Å². The molecule has 25 heavy (non-hydrogen) atoms. The van der Waals surface area contributed by atoms with E-state index in [-0.39, 0.29) is 5.91 Å². The van der Waals surface area contributed by atoms with Gasteiger partial charge in [-0.15, -0.1) is 10.2 Å². The Labute approximate surface area is 153 Å². The topological polar surface area (TPSA) is 59.8 Å². The molecule has 0 bridgehead atoms. The third-order valence-electron chi connectivity index (χ3n) is 4.73. The number of benzene rings is 1. The Morgan fingerprint density at radius 3 is 2.84 bits per heavy atom. The Kier molecular flexibility index (Phi) is 6.13. The number of amides is 1. The molecule has 0 saturated heterocycles. The van der Waals surface area contributed by atoms with E-state index in [1.165, 1.54) is 49.4 Å². The molecule has 134 valence electrons. The Balaban J connectivity index is 1.60. The summed E-state index contributed by atoms with van der Waals surface area (Å²) >= 11 is 1.48. The van der Waals surface area contributed by atoms with Crippen molar-refractivity contribution in [3.8, 4) is 0 Å². The highest BCUT2D eigenvalue weighted by Crippen LogP contribution is 2.32. The van der Waals surface area contributed by atoms with Crippen LogP contribution in [0.2, 0.25) is 0 Å². The highest BCUT2D eigenvalue weighted by Gasteiger charge is 2.21. The van der Waals surface area contributed by atoms with Gasteiger partial charge >= 0.3 is 0 Å². The van der Waals surface area contributed by atoms with E-state index in [2.05, 4.69) is 33.1 Å². The molecular weight excluding hydrogens is 332 g/mol. The molecule has 5 nitrogen and oxygen atoms in total. The number of thioether (sulfide) groups is 1. The lowest BCUT2D eigenvalue weighted by molar-refractivity contribution is -0.113. The first-order chi connectivity index (χ1) is 12.2. The van der Waals surface area contributed by atoms with E-state index in [1.807, 2.05) is 25.1 Å². The molecule has 2 aromatic rings. The average Bonchev–Trinajstić information content (AvgIpc) is 3.01. The van der Waals surface area contributed by atoms with E-state index in [1.54, 1.807) is 0 Å². The first-order valence-electron chi connectivity index (χ1n) is 9.10. The molecular formula is C19H26N4OS. The number of rotatable bonds is 6. The van der Waals surface area contributed by atoms with Gasteiger partial charge in [0.25, 0.3) is 0 Å². The van der Waals surface area contributed by atoms with Gasteiger partial charge in [-0.1, -0.05) is 50.1 Å². The SMILES string of the molecule is CCc1cccc(NC(=O)CSc2nnc(C)n2C2CCCCC2)c1. The van der Waals surface area contributed by atoms with Gasteiger partial charge in [-0.2, -0.15) is 0 Å². The van der Waals surface area contributed by atoms with Gasteiger partial charge in [0, 0.05) is 11.7 Å². The predicted octanol–water partition coefficient (Wildman–Crippen LogP) is 4.38. The number of aromatic nitrogens is 3. The summed E-state index contributed by atoms with van der Waals surface area (Å²) in [5, 5.41) is 12.4. The van der Waals surface area contributed by atoms with Crippen molar-refractivity contribution in [2.45, 2.75) is 63.6 Å². The number of aryl methyl sites for hydroxylation is 2. The molecule has 1 aliphatic carbocycles. The van der Waals surface area contributed by atoms with Crippen LogP contribution in [-0.4, -0.2) is 26.4 Å². The predicted molar refractivity (Wildman–Crippen MR) is 102 cm³/mol. The lowest BCUT2D eigenvalue weighted by atomic mass is 9.95. The molecule has 1 N–H and O–H groups in total. The zero-order valence-corrected chi connectivity index (χ0v) is 15.8. The van der Waals surface area contributed by atoms with Crippen LogP contribution in [0.25, 0.3) is 0 Å². The van der Waals surface area contributed by atoms with Crippen molar-refractivity contribution in [2.24, 2.45) is 0 Å². The third-order valence-corrected chi connectivity index (χ3v) is 5.67. The smallest absolute Gasteiger partial charge is 0.234 e. The lowest BCUT2D eigenvalue weighted by Gasteiger charge is -2.24. The Morgan fingerprint density at radius 2 is 2.08 bits per heavy atom. The van der Waals surface area contributed by atoms with E-state index in [0.29, 0.717) is 11.8 Å². The monoisotopic (exact) mass is 358 g/mol. The van der Waals surface area contributed by atoms with Crippen LogP contribution in [0, 0.1) is 6.92 Å². The normalized spacial score (nSPS) is 15.3. The maximum absolute atomic E-state index is 12.3. The second-order valence-corrected chi connectivity index (χ2v) is 7.52. The third kappa shape index (κ3) is 4.63. The van der Waals surface area contributed by atoms with E-state index in [9.17, 15) is 4.79 Å². The summed E-state index contributed by atoms with van der Waals surface area (Å²) in [5.74, 6) is 1.29. The van der Waals surface area contributed by atoms with E-state index in [0.717, 1.165) is 23.1 Å². The molecule has 1 amide bonds. The van der Waals surface area contributed by atoms with Gasteiger partial charge in [0.05, 0.1) is 5.75 Å². The zero-order valence-electron chi connectivity index (χ0n) is 15.0. The number of hydrogen-bond donors (Lipinski definition) is 1. The molecule has 3 rings (SSSR count). The number of nitrogens with one attached hydrogen (secondary N) is 1. The Morgan fingerprint density at radius 1 is 1.28 bits per heavy atom. The summed E-state index contributed by atoms with van der Waals surface area (Å²) in [6.07, 6.45) is 7.17. The maximum atomic E-state index is 12.3. The fraction of sp³-hybridized carbons (Fsp3) is 0.526. The molecule has 1 heterocycles. The zero-order chi connectivity index (χ0) is 17.6. The van der Waals surface area contributed by atoms with Crippen molar-refractivity contribution >= 4 is 23.4 Å². The molecule has 1 aliphatic rings. The molecule has 1 aromatic carbocycles. The van der Waals surface area contributed by atoms with Crippen LogP contribution in [0.15, 0.2) is 29.4 Å². The highest BCUT2D eigenvalue weighted by atomic mass is 32.2. The van der Waals surface area contributed by atoms with Gasteiger partial charge in [-0.25, -0.2) is 0 Å². The summed E-state index contributed by atoms with van der Waals surface area (Å²) < 4.78 is 2.23. The minimum Gasteiger partial charge on any atom is -0.325 e. The fourth-order valence-electron chi connectivity index (χ4n) is 3.40. The Bertz CT molecular complexity index is 722. The average molecular weight is 359 g/mol. The van der Waals surface area contributed by atoms with Crippen molar-refractivity contribution in [1.29, 1.82) is 0 Å². The minimum atomic E-state index is -0.00546. The number of carbonyl (C=O) groups excluding carboxylic acids is 1. The largest absolute Gasteiger partial charge is 0.325 e. The van der Waals surface area contributed by atoms with Gasteiger partial charge in [-0.05, 0) is 43.9 Å². The van der Waals surface area contributed by atoms with Crippen molar-refractivity contribution in [3.05, 3.63) is 35.7 Å². The summed E-state index contributed by atoms with van der Waals surface area (Å²) in [5.41, 5.74) is 2.08. The van der Waals surface area contributed by atoms with Crippen LogP contribution < -0.4 is 5.32 Å². The molecule has 0 radical (unpaired) electrons. The second-order valence-electron chi connectivity index (χ2n) is 6.58.